The summed E-state index contributed by atoms with van der Waals surface area (Å²) in [6.07, 6.45) is 0.203. The third kappa shape index (κ3) is 3.79. The van der Waals surface area contributed by atoms with Gasteiger partial charge in [0.05, 0.1) is 16.7 Å². The maximum absolute atomic E-state index is 13.3. The fraction of sp³-hybridized carbons (Fsp3) is 0.133. The van der Waals surface area contributed by atoms with E-state index in [1.165, 1.54) is 30.5 Å². The normalized spacial score (nSPS) is 11.5. The molecule has 0 aliphatic heterocycles. The van der Waals surface area contributed by atoms with Gasteiger partial charge < -0.3 is 10.4 Å². The van der Waals surface area contributed by atoms with Crippen LogP contribution in [-0.2, 0) is 0 Å². The van der Waals surface area contributed by atoms with E-state index >= 15 is 0 Å². The summed E-state index contributed by atoms with van der Waals surface area (Å²) in [6, 6.07) is 8.68. The topological polar surface area (TPSA) is 86.0 Å². The second-order valence-electron chi connectivity index (χ2n) is 4.44. The molecule has 112 valence electrons. The highest BCUT2D eigenvalue weighted by Gasteiger charge is 2.13. The van der Waals surface area contributed by atoms with Crippen LogP contribution in [0.15, 0.2) is 36.5 Å². The van der Waals surface area contributed by atoms with Crippen molar-refractivity contribution in [2.75, 3.05) is 6.54 Å². The molecule has 0 saturated heterocycles. The van der Waals surface area contributed by atoms with Gasteiger partial charge >= 0.3 is 0 Å². The quantitative estimate of drug-likeness (QED) is 0.904. The summed E-state index contributed by atoms with van der Waals surface area (Å²) in [6.45, 7) is -0.110. The number of nitrogens with one attached hydrogen (secondary N) is 1. The van der Waals surface area contributed by atoms with Crippen molar-refractivity contribution in [3.8, 4) is 6.07 Å². The monoisotopic (exact) mass is 319 g/mol. The predicted molar refractivity (Wildman–Crippen MR) is 77.7 cm³/mol. The van der Waals surface area contributed by atoms with E-state index < -0.39 is 17.8 Å². The smallest absolute Gasteiger partial charge is 0.269 e. The molecule has 2 rings (SSSR count). The first-order valence-corrected chi connectivity index (χ1v) is 6.66. The number of carbonyl (C=O) groups is 1. The summed E-state index contributed by atoms with van der Waals surface area (Å²) < 4.78 is 13.3. The summed E-state index contributed by atoms with van der Waals surface area (Å²) in [4.78, 5) is 15.7. The zero-order valence-electron chi connectivity index (χ0n) is 11.3. The number of nitrogens with zero attached hydrogens (tertiary/aromatic N) is 2. The lowest BCUT2D eigenvalue weighted by Gasteiger charge is -2.12. The van der Waals surface area contributed by atoms with Crippen molar-refractivity contribution >= 4 is 17.5 Å². The van der Waals surface area contributed by atoms with E-state index in [0.29, 0.717) is 11.1 Å². The van der Waals surface area contributed by atoms with E-state index in [4.69, 9.17) is 16.9 Å². The summed E-state index contributed by atoms with van der Waals surface area (Å²) >= 11 is 5.56. The first-order chi connectivity index (χ1) is 10.5. The van der Waals surface area contributed by atoms with Gasteiger partial charge in [0.1, 0.15) is 17.6 Å². The number of aliphatic hydroxyl groups excluding tert-OH is 1. The number of benzene rings is 1. The average molecular weight is 320 g/mol. The Morgan fingerprint density at radius 1 is 1.45 bits per heavy atom. The van der Waals surface area contributed by atoms with Crippen molar-refractivity contribution in [2.45, 2.75) is 6.10 Å². The van der Waals surface area contributed by atoms with Gasteiger partial charge in [-0.3, -0.25) is 4.79 Å². The molecule has 0 saturated carbocycles. The van der Waals surface area contributed by atoms with Crippen LogP contribution in [0, 0.1) is 17.1 Å². The SMILES string of the molecule is N#Cc1ccc(C(=O)NCC(O)c2ccc(Cl)c(F)c2)nc1. The maximum Gasteiger partial charge on any atom is 0.269 e. The average Bonchev–Trinajstić information content (AvgIpc) is 2.54. The second kappa shape index (κ2) is 6.98. The van der Waals surface area contributed by atoms with Crippen LogP contribution in [0.2, 0.25) is 5.02 Å². The van der Waals surface area contributed by atoms with Crippen LogP contribution < -0.4 is 5.32 Å². The van der Waals surface area contributed by atoms with E-state index in [-0.39, 0.29) is 17.3 Å². The Labute approximate surface area is 131 Å². The lowest BCUT2D eigenvalue weighted by molar-refractivity contribution is 0.0911. The number of rotatable bonds is 4. The molecular weight excluding hydrogens is 309 g/mol. The highest BCUT2D eigenvalue weighted by molar-refractivity contribution is 6.30. The van der Waals surface area contributed by atoms with Crippen molar-refractivity contribution in [1.82, 2.24) is 10.3 Å². The fourth-order valence-corrected chi connectivity index (χ4v) is 1.83. The van der Waals surface area contributed by atoms with Crippen LogP contribution >= 0.6 is 11.6 Å². The van der Waals surface area contributed by atoms with Gasteiger partial charge in [0.2, 0.25) is 0 Å². The molecule has 0 aliphatic carbocycles. The number of nitriles is 1. The molecule has 7 heteroatoms. The summed E-state index contributed by atoms with van der Waals surface area (Å²) in [5, 5.41) is 21.0. The van der Waals surface area contributed by atoms with E-state index in [0.717, 1.165) is 6.07 Å². The highest BCUT2D eigenvalue weighted by Crippen LogP contribution is 2.19. The number of aromatic nitrogens is 1. The molecule has 22 heavy (non-hydrogen) atoms. The Morgan fingerprint density at radius 2 is 2.23 bits per heavy atom. The second-order valence-corrected chi connectivity index (χ2v) is 4.85. The van der Waals surface area contributed by atoms with Gasteiger partial charge in [-0.25, -0.2) is 9.37 Å². The fourth-order valence-electron chi connectivity index (χ4n) is 1.71. The maximum atomic E-state index is 13.3. The van der Waals surface area contributed by atoms with Crippen LogP contribution in [0.25, 0.3) is 0 Å². The molecule has 1 unspecified atom stereocenters. The number of carbonyl (C=O) groups excluding carboxylic acids is 1. The minimum absolute atomic E-state index is 0.0400. The van der Waals surface area contributed by atoms with Crippen LogP contribution in [0.5, 0.6) is 0 Å². The summed E-state index contributed by atoms with van der Waals surface area (Å²) in [7, 11) is 0. The first-order valence-electron chi connectivity index (χ1n) is 6.28. The van der Waals surface area contributed by atoms with Gasteiger partial charge in [0.25, 0.3) is 5.91 Å². The molecule has 2 aromatic rings. The molecule has 5 nitrogen and oxygen atoms in total. The minimum Gasteiger partial charge on any atom is -0.387 e. The van der Waals surface area contributed by atoms with E-state index in [1.54, 1.807) is 0 Å². The Morgan fingerprint density at radius 3 is 2.82 bits per heavy atom. The molecule has 1 heterocycles. The number of aliphatic hydroxyl groups is 1. The molecule has 0 spiro atoms. The lowest BCUT2D eigenvalue weighted by Crippen LogP contribution is -2.29. The molecule has 1 aromatic carbocycles. The molecule has 1 amide bonds. The molecule has 0 bridgehead atoms. The van der Waals surface area contributed by atoms with Crippen molar-refractivity contribution in [1.29, 1.82) is 5.26 Å². The molecule has 1 aromatic heterocycles. The summed E-state index contributed by atoms with van der Waals surface area (Å²) in [5.41, 5.74) is 0.761. The minimum atomic E-state index is -1.07. The van der Waals surface area contributed by atoms with Gasteiger partial charge in [0.15, 0.2) is 0 Å². The number of hydrogen-bond donors (Lipinski definition) is 2. The van der Waals surface area contributed by atoms with Crippen molar-refractivity contribution in [2.24, 2.45) is 0 Å². The Hall–Kier alpha value is -2.49. The van der Waals surface area contributed by atoms with Gasteiger partial charge in [-0.05, 0) is 29.8 Å². The zero-order valence-corrected chi connectivity index (χ0v) is 12.0. The predicted octanol–water partition coefficient (Wildman–Crippen LogP) is 2.21. The van der Waals surface area contributed by atoms with Crippen LogP contribution in [0.4, 0.5) is 4.39 Å². The third-order valence-corrected chi connectivity index (χ3v) is 3.22. The third-order valence-electron chi connectivity index (χ3n) is 2.91. The molecule has 1 atom stereocenters. The highest BCUT2D eigenvalue weighted by atomic mass is 35.5. The van der Waals surface area contributed by atoms with Crippen LogP contribution in [0.1, 0.15) is 27.7 Å². The summed E-state index contributed by atoms with van der Waals surface area (Å²) in [5.74, 6) is -1.14. The number of pyridine rings is 1. The van der Waals surface area contributed by atoms with Crippen molar-refractivity contribution in [3.63, 3.8) is 0 Å². The zero-order chi connectivity index (χ0) is 16.1. The number of hydrogen-bond acceptors (Lipinski definition) is 4. The number of amides is 1. The van der Waals surface area contributed by atoms with Crippen LogP contribution in [-0.4, -0.2) is 22.5 Å². The Balaban J connectivity index is 1.97. The first kappa shape index (κ1) is 15.9. The molecule has 2 N–H and O–H groups in total. The lowest BCUT2D eigenvalue weighted by atomic mass is 10.1. The van der Waals surface area contributed by atoms with Gasteiger partial charge in [0, 0.05) is 12.7 Å². The van der Waals surface area contributed by atoms with Gasteiger partial charge in [-0.15, -0.1) is 0 Å². The largest absolute Gasteiger partial charge is 0.387 e. The van der Waals surface area contributed by atoms with Crippen molar-refractivity contribution < 1.29 is 14.3 Å². The van der Waals surface area contributed by atoms with Gasteiger partial charge in [-0.1, -0.05) is 17.7 Å². The van der Waals surface area contributed by atoms with Crippen molar-refractivity contribution in [3.05, 3.63) is 64.2 Å². The number of halogens is 2. The standard InChI is InChI=1S/C15H11ClFN3O2/c16-11-3-2-10(5-12(11)17)14(21)8-20-15(22)13-4-1-9(6-18)7-19-13/h1-5,7,14,21H,8H2,(H,20,22). The Kier molecular flexibility index (Phi) is 5.04. The van der Waals surface area contributed by atoms with E-state index in [2.05, 4.69) is 10.3 Å². The molecular formula is C15H11ClFN3O2. The molecule has 0 radical (unpaired) electrons. The van der Waals surface area contributed by atoms with Crippen LogP contribution in [0.3, 0.4) is 0 Å². The van der Waals surface area contributed by atoms with E-state index in [9.17, 15) is 14.3 Å². The van der Waals surface area contributed by atoms with E-state index in [1.807, 2.05) is 6.07 Å². The Bertz CT molecular complexity index is 729. The molecule has 0 aliphatic rings. The van der Waals surface area contributed by atoms with Gasteiger partial charge in [-0.2, -0.15) is 5.26 Å². The molecule has 0 fully saturated rings.